The first-order chi connectivity index (χ1) is 10.9. The number of urea groups is 1. The summed E-state index contributed by atoms with van der Waals surface area (Å²) in [6.07, 6.45) is 0. The summed E-state index contributed by atoms with van der Waals surface area (Å²) in [5.74, 6) is 0.522. The molecule has 1 aromatic carbocycles. The Morgan fingerprint density at radius 3 is 2.48 bits per heavy atom. The minimum atomic E-state index is -0.547. The molecule has 6 nitrogen and oxygen atoms in total. The van der Waals surface area contributed by atoms with E-state index in [1.165, 1.54) is 0 Å². The van der Waals surface area contributed by atoms with E-state index in [9.17, 15) is 9.59 Å². The molecular weight excluding hydrogens is 296 g/mol. The highest BCUT2D eigenvalue weighted by molar-refractivity contribution is 5.95. The van der Waals surface area contributed by atoms with E-state index >= 15 is 0 Å². The molecule has 2 amide bonds. The van der Waals surface area contributed by atoms with Crippen LogP contribution in [0.5, 0.6) is 5.75 Å². The van der Waals surface area contributed by atoms with Gasteiger partial charge in [0, 0.05) is 5.70 Å². The smallest absolute Gasteiger partial charge is 0.338 e. The number of benzene rings is 1. The number of esters is 1. The monoisotopic (exact) mass is 318 g/mol. The van der Waals surface area contributed by atoms with E-state index < -0.39 is 12.0 Å². The van der Waals surface area contributed by atoms with E-state index in [0.29, 0.717) is 23.6 Å². The molecule has 0 aliphatic carbocycles. The fourth-order valence-corrected chi connectivity index (χ4v) is 2.33. The molecule has 1 aliphatic rings. The quantitative estimate of drug-likeness (QED) is 0.818. The van der Waals surface area contributed by atoms with Crippen molar-refractivity contribution in [1.29, 1.82) is 0 Å². The van der Waals surface area contributed by atoms with Gasteiger partial charge in [-0.15, -0.1) is 0 Å². The summed E-state index contributed by atoms with van der Waals surface area (Å²) in [6.45, 7) is 5.97. The van der Waals surface area contributed by atoms with Crippen LogP contribution in [0.2, 0.25) is 0 Å². The van der Waals surface area contributed by atoms with Crippen LogP contribution in [0.1, 0.15) is 32.4 Å². The highest BCUT2D eigenvalue weighted by Gasteiger charge is 2.32. The van der Waals surface area contributed by atoms with Gasteiger partial charge in [-0.3, -0.25) is 0 Å². The number of amides is 2. The molecule has 0 radical (unpaired) electrons. The average molecular weight is 318 g/mol. The van der Waals surface area contributed by atoms with Gasteiger partial charge >= 0.3 is 12.0 Å². The van der Waals surface area contributed by atoms with Crippen molar-refractivity contribution >= 4 is 12.0 Å². The molecule has 0 aromatic heterocycles. The van der Waals surface area contributed by atoms with Gasteiger partial charge in [0.2, 0.25) is 0 Å². The van der Waals surface area contributed by atoms with Gasteiger partial charge < -0.3 is 20.1 Å². The summed E-state index contributed by atoms with van der Waals surface area (Å²) in [6, 6.07) is 6.32. The Morgan fingerprint density at radius 1 is 1.26 bits per heavy atom. The fourth-order valence-electron chi connectivity index (χ4n) is 2.33. The number of ether oxygens (including phenoxy) is 2. The molecule has 23 heavy (non-hydrogen) atoms. The molecule has 2 N–H and O–H groups in total. The van der Waals surface area contributed by atoms with Crippen LogP contribution in [0, 0.1) is 5.92 Å². The average Bonchev–Trinajstić information content (AvgIpc) is 2.52. The van der Waals surface area contributed by atoms with Crippen LogP contribution in [-0.2, 0) is 9.53 Å². The Kier molecular flexibility index (Phi) is 5.26. The molecule has 1 aliphatic heterocycles. The molecule has 0 bridgehead atoms. The van der Waals surface area contributed by atoms with Gasteiger partial charge in [0.05, 0.1) is 25.3 Å². The lowest BCUT2D eigenvalue weighted by atomic mass is 9.95. The fraction of sp³-hybridized carbons (Fsp3) is 0.412. The third-order valence-corrected chi connectivity index (χ3v) is 3.49. The van der Waals surface area contributed by atoms with Crippen molar-refractivity contribution in [3.8, 4) is 5.75 Å². The number of hydrogen-bond donors (Lipinski definition) is 2. The normalized spacial score (nSPS) is 17.6. The minimum absolute atomic E-state index is 0.241. The van der Waals surface area contributed by atoms with Gasteiger partial charge in [-0.1, -0.05) is 26.0 Å². The molecular formula is C17H22N2O4. The molecule has 0 saturated carbocycles. The topological polar surface area (TPSA) is 76.7 Å². The minimum Gasteiger partial charge on any atom is -0.497 e. The SMILES string of the molecule is COc1ccc([C@H]2NC(=O)NC(C)=C2C(=O)OCC(C)C)cc1. The first-order valence-corrected chi connectivity index (χ1v) is 7.51. The second kappa shape index (κ2) is 7.17. The van der Waals surface area contributed by atoms with Gasteiger partial charge in [-0.05, 0) is 30.5 Å². The zero-order valence-electron chi connectivity index (χ0n) is 13.8. The van der Waals surface area contributed by atoms with Crippen LogP contribution in [-0.4, -0.2) is 25.7 Å². The molecule has 0 unspecified atom stereocenters. The molecule has 0 spiro atoms. The maximum Gasteiger partial charge on any atom is 0.338 e. The summed E-state index contributed by atoms with van der Waals surface area (Å²) >= 11 is 0. The Labute approximate surface area is 135 Å². The molecule has 0 saturated heterocycles. The predicted molar refractivity (Wildman–Crippen MR) is 85.9 cm³/mol. The van der Waals surface area contributed by atoms with Crippen LogP contribution in [0.15, 0.2) is 35.5 Å². The van der Waals surface area contributed by atoms with Crippen LogP contribution in [0.25, 0.3) is 0 Å². The number of rotatable bonds is 5. The third-order valence-electron chi connectivity index (χ3n) is 3.49. The van der Waals surface area contributed by atoms with E-state index in [-0.39, 0.29) is 11.9 Å². The van der Waals surface area contributed by atoms with Crippen molar-refractivity contribution in [2.75, 3.05) is 13.7 Å². The first kappa shape index (κ1) is 16.9. The van der Waals surface area contributed by atoms with Gasteiger partial charge in [0.25, 0.3) is 0 Å². The molecule has 1 atom stereocenters. The lowest BCUT2D eigenvalue weighted by Gasteiger charge is -2.28. The maximum absolute atomic E-state index is 12.4. The second-order valence-electron chi connectivity index (χ2n) is 5.84. The number of allylic oxidation sites excluding steroid dienone is 1. The highest BCUT2D eigenvalue weighted by Crippen LogP contribution is 2.28. The molecule has 6 heteroatoms. The maximum atomic E-state index is 12.4. The van der Waals surface area contributed by atoms with E-state index in [0.717, 1.165) is 5.56 Å². The van der Waals surface area contributed by atoms with Gasteiger partial charge in [0.15, 0.2) is 0 Å². The largest absolute Gasteiger partial charge is 0.497 e. The summed E-state index contributed by atoms with van der Waals surface area (Å²) < 4.78 is 10.5. The predicted octanol–water partition coefficient (Wildman–Crippen LogP) is 2.52. The van der Waals surface area contributed by atoms with E-state index in [1.54, 1.807) is 26.2 Å². The number of nitrogens with one attached hydrogen (secondary N) is 2. The van der Waals surface area contributed by atoms with Crippen molar-refractivity contribution in [2.45, 2.75) is 26.8 Å². The number of carbonyl (C=O) groups excluding carboxylic acids is 2. The lowest BCUT2D eigenvalue weighted by molar-refractivity contribution is -0.140. The van der Waals surface area contributed by atoms with Crippen molar-refractivity contribution in [3.05, 3.63) is 41.1 Å². The Hall–Kier alpha value is -2.50. The van der Waals surface area contributed by atoms with Crippen LogP contribution >= 0.6 is 0 Å². The van der Waals surface area contributed by atoms with Crippen LogP contribution in [0.3, 0.4) is 0 Å². The first-order valence-electron chi connectivity index (χ1n) is 7.51. The molecule has 124 valence electrons. The molecule has 1 aromatic rings. The summed E-state index contributed by atoms with van der Waals surface area (Å²) in [7, 11) is 1.58. The van der Waals surface area contributed by atoms with Gasteiger partial charge in [-0.25, -0.2) is 9.59 Å². The molecule has 1 heterocycles. The zero-order valence-corrected chi connectivity index (χ0v) is 13.8. The van der Waals surface area contributed by atoms with Crippen LogP contribution < -0.4 is 15.4 Å². The summed E-state index contributed by atoms with van der Waals surface area (Å²) in [4.78, 5) is 24.2. The standard InChI is InChI=1S/C17H22N2O4/c1-10(2)9-23-16(20)14-11(3)18-17(21)19-15(14)12-5-7-13(22-4)8-6-12/h5-8,10,15H,9H2,1-4H3,(H2,18,19,21)/t15-/m1/s1. The number of carbonyl (C=O) groups is 2. The third kappa shape index (κ3) is 4.03. The van der Waals surface area contributed by atoms with Crippen molar-refractivity contribution in [2.24, 2.45) is 5.92 Å². The van der Waals surface area contributed by atoms with E-state index in [4.69, 9.17) is 9.47 Å². The zero-order chi connectivity index (χ0) is 17.0. The van der Waals surface area contributed by atoms with E-state index in [1.807, 2.05) is 26.0 Å². The lowest BCUT2D eigenvalue weighted by Crippen LogP contribution is -2.45. The van der Waals surface area contributed by atoms with Gasteiger partial charge in [0.1, 0.15) is 5.75 Å². The second-order valence-corrected chi connectivity index (χ2v) is 5.84. The highest BCUT2D eigenvalue weighted by atomic mass is 16.5. The molecule has 0 fully saturated rings. The van der Waals surface area contributed by atoms with Gasteiger partial charge in [-0.2, -0.15) is 0 Å². The van der Waals surface area contributed by atoms with Crippen molar-refractivity contribution in [3.63, 3.8) is 0 Å². The number of methoxy groups -OCH3 is 1. The van der Waals surface area contributed by atoms with Crippen molar-refractivity contribution < 1.29 is 19.1 Å². The Bertz CT molecular complexity index is 620. The summed E-state index contributed by atoms with van der Waals surface area (Å²) in [5.41, 5.74) is 1.70. The van der Waals surface area contributed by atoms with E-state index in [2.05, 4.69) is 10.6 Å². The Morgan fingerprint density at radius 2 is 1.91 bits per heavy atom. The Balaban J connectivity index is 2.31. The number of hydrogen-bond acceptors (Lipinski definition) is 4. The van der Waals surface area contributed by atoms with Crippen molar-refractivity contribution in [1.82, 2.24) is 10.6 Å². The summed E-state index contributed by atoms with van der Waals surface area (Å²) in [5, 5.41) is 5.39. The molecule has 2 rings (SSSR count). The van der Waals surface area contributed by atoms with Crippen LogP contribution in [0.4, 0.5) is 4.79 Å².